The number of nitrogens with zero attached hydrogens (tertiary/aromatic N) is 1. The second-order valence-corrected chi connectivity index (χ2v) is 8.49. The Kier molecular flexibility index (Phi) is 7.06. The van der Waals surface area contributed by atoms with Gasteiger partial charge in [-0.3, -0.25) is 24.5 Å². The topological polar surface area (TPSA) is 169 Å². The fourth-order valence-corrected chi connectivity index (χ4v) is 4.69. The third-order valence-electron chi connectivity index (χ3n) is 3.60. The van der Waals surface area contributed by atoms with E-state index in [4.69, 9.17) is 19.9 Å². The number of thiophene rings is 1. The number of hydrazine groups is 1. The first-order valence-electron chi connectivity index (χ1n) is 7.74. The van der Waals surface area contributed by atoms with E-state index < -0.39 is 21.9 Å². The molecule has 0 saturated heterocycles. The number of aromatic nitrogens is 1. The quantitative estimate of drug-likeness (QED) is 0.214. The van der Waals surface area contributed by atoms with Crippen LogP contribution in [0.2, 0.25) is 0 Å². The van der Waals surface area contributed by atoms with Gasteiger partial charge in [0, 0.05) is 12.4 Å². The van der Waals surface area contributed by atoms with Crippen LogP contribution in [0.25, 0.3) is 10.9 Å². The Morgan fingerprint density at radius 3 is 2.48 bits per heavy atom. The molecule has 3 rings (SSSR count). The van der Waals surface area contributed by atoms with Crippen molar-refractivity contribution in [3.05, 3.63) is 47.5 Å². The summed E-state index contributed by atoms with van der Waals surface area (Å²) in [6, 6.07) is 9.89. The molecule has 2 aromatic heterocycles. The van der Waals surface area contributed by atoms with Crippen LogP contribution < -0.4 is 15.3 Å². The number of amides is 1. The predicted molar refractivity (Wildman–Crippen MR) is 104 cm³/mol. The van der Waals surface area contributed by atoms with Crippen LogP contribution in [-0.4, -0.2) is 48.9 Å². The summed E-state index contributed by atoms with van der Waals surface area (Å²) in [7, 11) is -2.22. The van der Waals surface area contributed by atoms with E-state index in [-0.39, 0.29) is 16.2 Å². The smallest absolute Gasteiger partial charge is 0.368 e. The molecule has 0 saturated carbocycles. The van der Waals surface area contributed by atoms with Crippen molar-refractivity contribution in [3.63, 3.8) is 0 Å². The van der Waals surface area contributed by atoms with Crippen LogP contribution in [0.15, 0.2) is 46.0 Å². The minimum absolute atomic E-state index is 0.167. The van der Waals surface area contributed by atoms with E-state index in [9.17, 15) is 13.2 Å². The first kappa shape index (κ1) is 22.0. The molecule has 0 bridgehead atoms. The Hall–Kier alpha value is -3.26. The molecular weight excluding hydrogens is 424 g/mol. The van der Waals surface area contributed by atoms with Gasteiger partial charge in [-0.25, -0.2) is 13.2 Å². The summed E-state index contributed by atoms with van der Waals surface area (Å²) >= 11 is 1.13. The lowest BCUT2D eigenvalue weighted by Gasteiger charge is -2.19. The molecule has 0 aliphatic rings. The maximum absolute atomic E-state index is 12.7. The maximum Gasteiger partial charge on any atom is 0.368 e. The van der Waals surface area contributed by atoms with Crippen LogP contribution in [0, 0.1) is 0 Å². The summed E-state index contributed by atoms with van der Waals surface area (Å²) in [4.78, 5) is 32.6. The van der Waals surface area contributed by atoms with Crippen LogP contribution in [0.1, 0.15) is 10.5 Å². The van der Waals surface area contributed by atoms with Crippen LogP contribution >= 0.6 is 11.3 Å². The van der Waals surface area contributed by atoms with Crippen LogP contribution in [0.5, 0.6) is 0 Å². The minimum atomic E-state index is -3.68. The van der Waals surface area contributed by atoms with Gasteiger partial charge in [0.05, 0.1) is 11.2 Å². The van der Waals surface area contributed by atoms with Crippen molar-refractivity contribution in [2.45, 2.75) is 4.21 Å². The molecule has 0 aliphatic carbocycles. The second kappa shape index (κ2) is 9.29. The van der Waals surface area contributed by atoms with Gasteiger partial charge in [-0.15, -0.1) is 16.9 Å². The highest BCUT2D eigenvalue weighted by Gasteiger charge is 2.24. The molecular formula is C16H16N4O7S2. The molecule has 5 N–H and O–H groups in total. The van der Waals surface area contributed by atoms with Crippen LogP contribution in [-0.2, 0) is 19.6 Å². The zero-order valence-electron chi connectivity index (χ0n) is 14.8. The van der Waals surface area contributed by atoms with E-state index in [0.29, 0.717) is 16.6 Å². The standard InChI is InChI=1S/C14H14N4O4S2.C2H2O3/c1-18(24(21,22)12-6-3-7-23-12)11-5-2-4-9-8-10(15-13(9)11)14(19)16-17-20;3-1-2(4)5/h2-8,15,17,20H,1H3,(H,16,19);1H,(H,4,5). The number of sulfonamides is 1. The van der Waals surface area contributed by atoms with Crippen molar-refractivity contribution < 1.29 is 33.1 Å². The van der Waals surface area contributed by atoms with Crippen molar-refractivity contribution in [3.8, 4) is 0 Å². The number of hydrogen-bond donors (Lipinski definition) is 5. The number of nitrogens with one attached hydrogen (secondary N) is 3. The number of rotatable bonds is 6. The monoisotopic (exact) mass is 440 g/mol. The van der Waals surface area contributed by atoms with Crippen molar-refractivity contribution in [1.29, 1.82) is 0 Å². The summed E-state index contributed by atoms with van der Waals surface area (Å²) in [5.41, 5.74) is 4.69. The number of aldehydes is 1. The highest BCUT2D eigenvalue weighted by molar-refractivity contribution is 7.94. The Bertz CT molecular complexity index is 1120. The summed E-state index contributed by atoms with van der Waals surface area (Å²) < 4.78 is 26.8. The lowest BCUT2D eigenvalue weighted by atomic mass is 10.2. The Morgan fingerprint density at radius 1 is 1.24 bits per heavy atom. The highest BCUT2D eigenvalue weighted by Crippen LogP contribution is 2.31. The number of H-pyrrole nitrogens is 1. The molecule has 154 valence electrons. The van der Waals surface area contributed by atoms with Gasteiger partial charge >= 0.3 is 5.97 Å². The van der Waals surface area contributed by atoms with Crippen molar-refractivity contribution in [1.82, 2.24) is 16.0 Å². The van der Waals surface area contributed by atoms with Crippen molar-refractivity contribution >= 4 is 56.1 Å². The second-order valence-electron chi connectivity index (χ2n) is 5.35. The molecule has 0 aliphatic heterocycles. The predicted octanol–water partition coefficient (Wildman–Crippen LogP) is 0.948. The summed E-state index contributed by atoms with van der Waals surface area (Å²) in [5.74, 6) is -2.01. The molecule has 0 atom stereocenters. The largest absolute Gasteiger partial charge is 0.476 e. The zero-order valence-corrected chi connectivity index (χ0v) is 16.5. The number of aromatic amines is 1. The van der Waals surface area contributed by atoms with E-state index in [2.05, 4.69) is 4.98 Å². The van der Waals surface area contributed by atoms with Gasteiger partial charge in [-0.05, 0) is 23.6 Å². The molecule has 2 heterocycles. The molecule has 0 spiro atoms. The average Bonchev–Trinajstić information content (AvgIpc) is 3.37. The lowest BCUT2D eigenvalue weighted by Crippen LogP contribution is -2.34. The van der Waals surface area contributed by atoms with Gasteiger partial charge in [-0.1, -0.05) is 18.2 Å². The van der Waals surface area contributed by atoms with Crippen molar-refractivity contribution in [2.75, 3.05) is 11.4 Å². The highest BCUT2D eigenvalue weighted by atomic mass is 32.2. The molecule has 3 aromatic rings. The fraction of sp³-hybridized carbons (Fsp3) is 0.0625. The Labute approximate surface area is 168 Å². The molecule has 29 heavy (non-hydrogen) atoms. The molecule has 0 unspecified atom stereocenters. The third-order valence-corrected chi connectivity index (χ3v) is 6.74. The number of carbonyl (C=O) groups excluding carboxylic acids is 2. The first-order chi connectivity index (χ1) is 13.7. The number of fused-ring (bicyclic) bond motifs is 1. The normalized spacial score (nSPS) is 10.7. The van der Waals surface area contributed by atoms with Crippen molar-refractivity contribution in [2.24, 2.45) is 0 Å². The van der Waals surface area contributed by atoms with Gasteiger partial charge in [-0.2, -0.15) is 0 Å². The first-order valence-corrected chi connectivity index (χ1v) is 10.1. The zero-order chi connectivity index (χ0) is 21.6. The number of carboxylic acids is 1. The maximum atomic E-state index is 12.7. The van der Waals surface area contributed by atoms with E-state index in [1.807, 2.05) is 5.43 Å². The summed E-state index contributed by atoms with van der Waals surface area (Å²) in [6.07, 6.45) is -0.167. The molecule has 13 heteroatoms. The Morgan fingerprint density at radius 2 is 1.93 bits per heavy atom. The lowest BCUT2D eigenvalue weighted by molar-refractivity contribution is -0.143. The van der Waals surface area contributed by atoms with Gasteiger partial charge in [0.1, 0.15) is 9.90 Å². The third kappa shape index (κ3) is 4.97. The summed E-state index contributed by atoms with van der Waals surface area (Å²) in [5, 5.41) is 18.3. The van der Waals surface area contributed by atoms with Crippen LogP contribution in [0.3, 0.4) is 0 Å². The number of carboxylic acid groups (broad SMARTS) is 1. The Balaban J connectivity index is 0.000000537. The minimum Gasteiger partial charge on any atom is -0.476 e. The molecule has 11 nitrogen and oxygen atoms in total. The number of carbonyl (C=O) groups is 3. The molecule has 0 fully saturated rings. The van der Waals surface area contributed by atoms with E-state index >= 15 is 0 Å². The summed E-state index contributed by atoms with van der Waals surface area (Å²) in [6.45, 7) is 0. The van der Waals surface area contributed by atoms with Crippen LogP contribution in [0.4, 0.5) is 5.69 Å². The van der Waals surface area contributed by atoms with Gasteiger partial charge in [0.25, 0.3) is 15.9 Å². The number of hydrogen-bond acceptors (Lipinski definition) is 8. The number of para-hydroxylation sites is 1. The number of benzene rings is 1. The van der Waals surface area contributed by atoms with Gasteiger partial charge in [0.15, 0.2) is 0 Å². The van der Waals surface area contributed by atoms with E-state index in [0.717, 1.165) is 11.3 Å². The number of anilines is 1. The molecule has 1 amide bonds. The van der Waals surface area contributed by atoms with E-state index in [1.165, 1.54) is 17.4 Å². The molecule has 1 aromatic carbocycles. The SMILES string of the molecule is CN(c1cccc2cc(C(=O)NNO)[nH]c12)S(=O)(=O)c1cccs1.O=CC(=O)O. The van der Waals surface area contributed by atoms with Gasteiger partial charge < -0.3 is 10.1 Å². The van der Waals surface area contributed by atoms with Gasteiger partial charge in [0.2, 0.25) is 6.29 Å². The van der Waals surface area contributed by atoms with E-state index in [1.54, 1.807) is 41.3 Å². The fourth-order valence-electron chi connectivity index (χ4n) is 2.32. The molecule has 0 radical (unpaired) electrons. The number of aliphatic carboxylic acids is 1. The average molecular weight is 440 g/mol.